The first-order valence-electron chi connectivity index (χ1n) is 8.27. The number of hydrogen-bond donors (Lipinski definition) is 1. The number of carbonyl (C=O) groups is 1. The van der Waals surface area contributed by atoms with E-state index in [4.69, 9.17) is 4.74 Å². The van der Waals surface area contributed by atoms with Gasteiger partial charge in [-0.1, -0.05) is 12.1 Å². The Morgan fingerprint density at radius 1 is 1.08 bits per heavy atom. The number of amides is 1. The number of aryl methyl sites for hydroxylation is 3. The molecule has 1 aliphatic rings. The van der Waals surface area contributed by atoms with E-state index in [-0.39, 0.29) is 12.5 Å². The lowest BCUT2D eigenvalue weighted by Crippen LogP contribution is -2.48. The quantitative estimate of drug-likeness (QED) is 0.896. The third-order valence-electron chi connectivity index (χ3n) is 4.17. The molecule has 26 heavy (non-hydrogen) atoms. The molecule has 2 aromatic carbocycles. The molecule has 0 radical (unpaired) electrons. The van der Waals surface area contributed by atoms with E-state index < -0.39 is 16.1 Å². The van der Waals surface area contributed by atoms with Crippen molar-refractivity contribution in [1.29, 1.82) is 0 Å². The second-order valence-corrected chi connectivity index (χ2v) is 8.64. The van der Waals surface area contributed by atoms with Crippen molar-refractivity contribution in [2.45, 2.75) is 26.9 Å². The number of rotatable bonds is 3. The van der Waals surface area contributed by atoms with Crippen LogP contribution in [-0.2, 0) is 14.8 Å². The summed E-state index contributed by atoms with van der Waals surface area (Å²) in [5.41, 5.74) is 4.10. The number of hydrogen-bond acceptors (Lipinski definition) is 4. The molecule has 0 aliphatic carbocycles. The van der Waals surface area contributed by atoms with Gasteiger partial charge in [-0.25, -0.2) is 8.42 Å². The van der Waals surface area contributed by atoms with Crippen LogP contribution in [0.5, 0.6) is 5.75 Å². The maximum atomic E-state index is 12.7. The highest BCUT2D eigenvalue weighted by atomic mass is 32.2. The minimum Gasteiger partial charge on any atom is -0.476 e. The molecule has 0 fully saturated rings. The molecule has 0 aromatic heterocycles. The van der Waals surface area contributed by atoms with Gasteiger partial charge in [0, 0.05) is 5.69 Å². The van der Waals surface area contributed by atoms with Crippen molar-refractivity contribution in [3.05, 3.63) is 53.1 Å². The maximum Gasteiger partial charge on any atom is 0.267 e. The Kier molecular flexibility index (Phi) is 4.66. The molecular formula is C19H22N2O4S. The van der Waals surface area contributed by atoms with Gasteiger partial charge in [0.05, 0.1) is 18.5 Å². The Hall–Kier alpha value is -2.54. The molecule has 3 rings (SSSR count). The van der Waals surface area contributed by atoms with Crippen LogP contribution in [-0.4, -0.2) is 33.2 Å². The van der Waals surface area contributed by atoms with Crippen LogP contribution in [0.25, 0.3) is 0 Å². The number of benzene rings is 2. The van der Waals surface area contributed by atoms with Gasteiger partial charge in [0.25, 0.3) is 5.91 Å². The highest BCUT2D eigenvalue weighted by Crippen LogP contribution is 2.36. The van der Waals surface area contributed by atoms with Gasteiger partial charge in [0.2, 0.25) is 10.0 Å². The van der Waals surface area contributed by atoms with E-state index in [1.54, 1.807) is 12.1 Å². The molecule has 0 saturated heterocycles. The Morgan fingerprint density at radius 3 is 2.35 bits per heavy atom. The van der Waals surface area contributed by atoms with Crippen LogP contribution >= 0.6 is 0 Å². The van der Waals surface area contributed by atoms with Crippen molar-refractivity contribution in [2.24, 2.45) is 0 Å². The third-order valence-corrected chi connectivity index (χ3v) is 5.31. The predicted molar refractivity (Wildman–Crippen MR) is 102 cm³/mol. The van der Waals surface area contributed by atoms with E-state index in [1.165, 1.54) is 4.31 Å². The minimum absolute atomic E-state index is 0.0636. The SMILES string of the molecule is Cc1cc(C)cc(NC(=O)[C@@H]2CN(S(C)(=O)=O)c3cc(C)ccc3O2)c1. The molecule has 0 saturated carbocycles. The van der Waals surface area contributed by atoms with Crippen LogP contribution in [0.3, 0.4) is 0 Å². The molecule has 1 amide bonds. The van der Waals surface area contributed by atoms with Crippen molar-refractivity contribution in [2.75, 3.05) is 22.4 Å². The van der Waals surface area contributed by atoms with Gasteiger partial charge in [0.1, 0.15) is 5.75 Å². The third kappa shape index (κ3) is 3.83. The number of sulfonamides is 1. The van der Waals surface area contributed by atoms with Gasteiger partial charge in [-0.15, -0.1) is 0 Å². The van der Waals surface area contributed by atoms with Crippen LogP contribution in [0, 0.1) is 20.8 Å². The zero-order chi connectivity index (χ0) is 19.1. The number of nitrogens with one attached hydrogen (secondary N) is 1. The molecule has 7 heteroatoms. The molecule has 0 unspecified atom stereocenters. The molecule has 1 N–H and O–H groups in total. The first kappa shape index (κ1) is 18.3. The summed E-state index contributed by atoms with van der Waals surface area (Å²) in [7, 11) is -3.54. The lowest BCUT2D eigenvalue weighted by Gasteiger charge is -2.34. The second-order valence-electron chi connectivity index (χ2n) is 6.74. The number of anilines is 2. The second kappa shape index (κ2) is 6.64. The fourth-order valence-electron chi connectivity index (χ4n) is 3.08. The summed E-state index contributed by atoms with van der Waals surface area (Å²) in [4.78, 5) is 12.7. The number of nitrogens with zero attached hydrogens (tertiary/aromatic N) is 1. The molecule has 6 nitrogen and oxygen atoms in total. The van der Waals surface area contributed by atoms with Crippen LogP contribution in [0.15, 0.2) is 36.4 Å². The molecule has 0 spiro atoms. The van der Waals surface area contributed by atoms with Gasteiger partial charge >= 0.3 is 0 Å². The molecule has 1 aliphatic heterocycles. The molecule has 2 aromatic rings. The molecule has 0 bridgehead atoms. The Bertz CT molecular complexity index is 949. The Balaban J connectivity index is 1.89. The summed E-state index contributed by atoms with van der Waals surface area (Å²) >= 11 is 0. The lowest BCUT2D eigenvalue weighted by atomic mass is 10.1. The van der Waals surface area contributed by atoms with E-state index >= 15 is 0 Å². The monoisotopic (exact) mass is 374 g/mol. The largest absolute Gasteiger partial charge is 0.476 e. The van der Waals surface area contributed by atoms with Gasteiger partial charge in [-0.05, 0) is 61.7 Å². The van der Waals surface area contributed by atoms with Gasteiger partial charge in [0.15, 0.2) is 6.10 Å². The first-order valence-corrected chi connectivity index (χ1v) is 10.1. The fourth-order valence-corrected chi connectivity index (χ4v) is 3.99. The van der Waals surface area contributed by atoms with Crippen molar-refractivity contribution in [1.82, 2.24) is 0 Å². The first-order chi connectivity index (χ1) is 12.1. The average Bonchev–Trinajstić information content (AvgIpc) is 2.51. The van der Waals surface area contributed by atoms with Gasteiger partial charge in [-0.2, -0.15) is 0 Å². The maximum absolute atomic E-state index is 12.7. The van der Waals surface area contributed by atoms with Crippen LogP contribution in [0.1, 0.15) is 16.7 Å². The van der Waals surface area contributed by atoms with Crippen LogP contribution < -0.4 is 14.4 Å². The van der Waals surface area contributed by atoms with E-state index in [0.717, 1.165) is 22.9 Å². The van der Waals surface area contributed by atoms with E-state index in [0.29, 0.717) is 17.1 Å². The van der Waals surface area contributed by atoms with E-state index in [2.05, 4.69) is 5.32 Å². The Morgan fingerprint density at radius 2 is 1.73 bits per heavy atom. The summed E-state index contributed by atoms with van der Waals surface area (Å²) in [6.45, 7) is 5.71. The molecule has 1 atom stereocenters. The van der Waals surface area contributed by atoms with E-state index in [9.17, 15) is 13.2 Å². The van der Waals surface area contributed by atoms with Crippen molar-refractivity contribution < 1.29 is 17.9 Å². The normalized spacial score (nSPS) is 16.6. The number of ether oxygens (including phenoxy) is 1. The fraction of sp³-hybridized carbons (Fsp3) is 0.316. The summed E-state index contributed by atoms with van der Waals surface area (Å²) in [5.74, 6) is 0.00252. The number of carbonyl (C=O) groups excluding carboxylic acids is 1. The van der Waals surface area contributed by atoms with E-state index in [1.807, 2.05) is 45.0 Å². The summed E-state index contributed by atoms with van der Waals surface area (Å²) in [6.07, 6.45) is 0.198. The van der Waals surface area contributed by atoms with Crippen molar-refractivity contribution in [3.63, 3.8) is 0 Å². The predicted octanol–water partition coefficient (Wildman–Crippen LogP) is 2.78. The van der Waals surface area contributed by atoms with Gasteiger partial charge < -0.3 is 10.1 Å². The topological polar surface area (TPSA) is 75.7 Å². The summed E-state index contributed by atoms with van der Waals surface area (Å²) in [6, 6.07) is 11.0. The van der Waals surface area contributed by atoms with Crippen LogP contribution in [0.4, 0.5) is 11.4 Å². The lowest BCUT2D eigenvalue weighted by molar-refractivity contribution is -0.122. The molecular weight excluding hydrogens is 352 g/mol. The summed E-state index contributed by atoms with van der Waals surface area (Å²) in [5, 5.41) is 2.82. The zero-order valence-corrected chi connectivity index (χ0v) is 16.1. The van der Waals surface area contributed by atoms with Crippen molar-refractivity contribution >= 4 is 27.3 Å². The minimum atomic E-state index is -3.54. The van der Waals surface area contributed by atoms with Crippen LogP contribution in [0.2, 0.25) is 0 Å². The molecule has 138 valence electrons. The average molecular weight is 374 g/mol. The smallest absolute Gasteiger partial charge is 0.267 e. The highest BCUT2D eigenvalue weighted by molar-refractivity contribution is 7.92. The highest BCUT2D eigenvalue weighted by Gasteiger charge is 2.35. The zero-order valence-electron chi connectivity index (χ0n) is 15.2. The summed E-state index contributed by atoms with van der Waals surface area (Å²) < 4.78 is 31.4. The standard InChI is InChI=1S/C19H22N2O4S/c1-12-5-6-17-16(10-12)21(26(4,23)24)11-18(25-17)19(22)20-15-8-13(2)7-14(3)9-15/h5-10,18H,11H2,1-4H3,(H,20,22)/t18-/m0/s1. The number of fused-ring (bicyclic) bond motifs is 1. The molecule has 1 heterocycles. The van der Waals surface area contributed by atoms with Crippen molar-refractivity contribution in [3.8, 4) is 5.75 Å². The Labute approximate surface area is 153 Å². The van der Waals surface area contributed by atoms with Gasteiger partial charge in [-0.3, -0.25) is 9.10 Å².